The summed E-state index contributed by atoms with van der Waals surface area (Å²) in [6, 6.07) is 20.0. The number of benzene rings is 2. The van der Waals surface area contributed by atoms with Crippen LogP contribution in [0.15, 0.2) is 77.4 Å². The monoisotopic (exact) mass is 250 g/mol. The molecule has 0 bridgehead atoms. The standard InChI is InChI=1S/C17H18N2/c1-2-15(18)13-17(14-9-5-3-6-10-14)19-16-11-7-4-8-12-16/h3-13H,2,18H2,1H3/b15-13-,19-17?. The summed E-state index contributed by atoms with van der Waals surface area (Å²) >= 11 is 0. The van der Waals surface area contributed by atoms with E-state index in [0.29, 0.717) is 0 Å². The van der Waals surface area contributed by atoms with Gasteiger partial charge in [0.25, 0.3) is 0 Å². The summed E-state index contributed by atoms with van der Waals surface area (Å²) in [5.41, 5.74) is 9.68. The van der Waals surface area contributed by atoms with E-state index in [1.165, 1.54) is 0 Å². The number of para-hydroxylation sites is 1. The highest BCUT2D eigenvalue weighted by Gasteiger charge is 2.01. The van der Waals surface area contributed by atoms with Crippen molar-refractivity contribution in [3.8, 4) is 0 Å². The zero-order valence-electron chi connectivity index (χ0n) is 11.1. The summed E-state index contributed by atoms with van der Waals surface area (Å²) in [6.45, 7) is 2.04. The van der Waals surface area contributed by atoms with E-state index in [2.05, 4.69) is 4.99 Å². The molecule has 0 amide bonds. The fraction of sp³-hybridized carbons (Fsp3) is 0.118. The largest absolute Gasteiger partial charge is 0.402 e. The van der Waals surface area contributed by atoms with Crippen LogP contribution in [0.1, 0.15) is 18.9 Å². The molecule has 0 aliphatic rings. The Bertz CT molecular complexity index is 569. The highest BCUT2D eigenvalue weighted by molar-refractivity contribution is 6.10. The van der Waals surface area contributed by atoms with Gasteiger partial charge < -0.3 is 5.73 Å². The van der Waals surface area contributed by atoms with Gasteiger partial charge in [0.1, 0.15) is 0 Å². The lowest BCUT2D eigenvalue weighted by Crippen LogP contribution is -2.03. The topological polar surface area (TPSA) is 38.4 Å². The van der Waals surface area contributed by atoms with Gasteiger partial charge in [-0.3, -0.25) is 0 Å². The lowest BCUT2D eigenvalue weighted by molar-refractivity contribution is 1.07. The van der Waals surface area contributed by atoms with Crippen LogP contribution in [-0.2, 0) is 0 Å². The Morgan fingerprint density at radius 2 is 1.58 bits per heavy atom. The first-order valence-corrected chi connectivity index (χ1v) is 6.45. The number of allylic oxidation sites excluding steroid dienone is 2. The third-order valence-electron chi connectivity index (χ3n) is 2.81. The van der Waals surface area contributed by atoms with E-state index >= 15 is 0 Å². The van der Waals surface area contributed by atoms with Crippen LogP contribution in [0.4, 0.5) is 5.69 Å². The minimum Gasteiger partial charge on any atom is -0.402 e. The third kappa shape index (κ3) is 3.81. The van der Waals surface area contributed by atoms with E-state index in [4.69, 9.17) is 5.73 Å². The molecule has 0 spiro atoms. The summed E-state index contributed by atoms with van der Waals surface area (Å²) in [6.07, 6.45) is 2.77. The molecule has 96 valence electrons. The van der Waals surface area contributed by atoms with Crippen molar-refractivity contribution >= 4 is 11.4 Å². The predicted octanol–water partition coefficient (Wildman–Crippen LogP) is 4.06. The SMILES string of the molecule is CC/C(N)=C/C(=Nc1ccccc1)c1ccccc1. The second-order valence-corrected chi connectivity index (χ2v) is 4.27. The zero-order valence-corrected chi connectivity index (χ0v) is 11.1. The predicted molar refractivity (Wildman–Crippen MR) is 81.6 cm³/mol. The van der Waals surface area contributed by atoms with Crippen molar-refractivity contribution in [3.05, 3.63) is 78.0 Å². The van der Waals surface area contributed by atoms with Crippen molar-refractivity contribution in [1.29, 1.82) is 0 Å². The minimum absolute atomic E-state index is 0.820. The molecule has 0 aliphatic heterocycles. The molecule has 0 aromatic heterocycles. The van der Waals surface area contributed by atoms with Gasteiger partial charge >= 0.3 is 0 Å². The van der Waals surface area contributed by atoms with Gasteiger partial charge in [0.2, 0.25) is 0 Å². The zero-order chi connectivity index (χ0) is 13.5. The summed E-state index contributed by atoms with van der Waals surface area (Å²) in [5, 5.41) is 0. The summed E-state index contributed by atoms with van der Waals surface area (Å²) < 4.78 is 0. The highest BCUT2D eigenvalue weighted by Crippen LogP contribution is 2.14. The van der Waals surface area contributed by atoms with Crippen LogP contribution < -0.4 is 5.73 Å². The van der Waals surface area contributed by atoms with Crippen molar-refractivity contribution in [1.82, 2.24) is 0 Å². The van der Waals surface area contributed by atoms with Crippen LogP contribution >= 0.6 is 0 Å². The Kier molecular flexibility index (Phi) is 4.51. The van der Waals surface area contributed by atoms with Gasteiger partial charge in [-0.15, -0.1) is 0 Å². The molecule has 2 rings (SSSR count). The fourth-order valence-electron chi connectivity index (χ4n) is 1.71. The second kappa shape index (κ2) is 6.55. The maximum atomic E-state index is 5.95. The Hall–Kier alpha value is -2.35. The van der Waals surface area contributed by atoms with Gasteiger partial charge in [0.15, 0.2) is 0 Å². The van der Waals surface area contributed by atoms with E-state index in [1.807, 2.05) is 73.7 Å². The number of hydrogen-bond acceptors (Lipinski definition) is 2. The molecule has 2 N–H and O–H groups in total. The van der Waals surface area contributed by atoms with E-state index in [-0.39, 0.29) is 0 Å². The van der Waals surface area contributed by atoms with Crippen LogP contribution in [0.3, 0.4) is 0 Å². The molecule has 2 nitrogen and oxygen atoms in total. The van der Waals surface area contributed by atoms with Crippen molar-refractivity contribution in [2.24, 2.45) is 10.7 Å². The van der Waals surface area contributed by atoms with Gasteiger partial charge in [-0.2, -0.15) is 0 Å². The van der Waals surface area contributed by atoms with Gasteiger partial charge in [-0.25, -0.2) is 4.99 Å². The van der Waals surface area contributed by atoms with Crippen LogP contribution in [0.5, 0.6) is 0 Å². The third-order valence-corrected chi connectivity index (χ3v) is 2.81. The average Bonchev–Trinajstić information content (AvgIpc) is 2.48. The first kappa shape index (κ1) is 13.1. The van der Waals surface area contributed by atoms with E-state index in [1.54, 1.807) is 0 Å². The minimum atomic E-state index is 0.820. The van der Waals surface area contributed by atoms with Crippen LogP contribution in [0.2, 0.25) is 0 Å². The molecule has 2 aromatic rings. The van der Waals surface area contributed by atoms with Crippen molar-refractivity contribution in [2.75, 3.05) is 0 Å². The highest BCUT2D eigenvalue weighted by atomic mass is 14.7. The van der Waals surface area contributed by atoms with Gasteiger partial charge in [-0.1, -0.05) is 55.5 Å². The second-order valence-electron chi connectivity index (χ2n) is 4.27. The lowest BCUT2D eigenvalue weighted by Gasteiger charge is -2.04. The van der Waals surface area contributed by atoms with Crippen LogP contribution in [0, 0.1) is 0 Å². The molecule has 0 saturated heterocycles. The number of rotatable bonds is 4. The molecule has 0 heterocycles. The molecule has 19 heavy (non-hydrogen) atoms. The molecular formula is C17H18N2. The van der Waals surface area contributed by atoms with E-state index in [0.717, 1.165) is 29.1 Å². The van der Waals surface area contributed by atoms with Gasteiger partial charge in [0.05, 0.1) is 11.4 Å². The molecule has 0 atom stereocenters. The van der Waals surface area contributed by atoms with Crippen LogP contribution in [-0.4, -0.2) is 5.71 Å². The van der Waals surface area contributed by atoms with Gasteiger partial charge in [-0.05, 0) is 24.6 Å². The average molecular weight is 250 g/mol. The Morgan fingerprint density at radius 1 is 1.00 bits per heavy atom. The molecular weight excluding hydrogens is 232 g/mol. The maximum absolute atomic E-state index is 5.95. The Balaban J connectivity index is 2.44. The normalized spacial score (nSPS) is 12.5. The van der Waals surface area contributed by atoms with Gasteiger partial charge in [0, 0.05) is 11.3 Å². The number of nitrogens with zero attached hydrogens (tertiary/aromatic N) is 1. The van der Waals surface area contributed by atoms with E-state index in [9.17, 15) is 0 Å². The molecule has 2 heteroatoms. The Labute approximate surface area is 114 Å². The molecule has 0 saturated carbocycles. The first-order valence-electron chi connectivity index (χ1n) is 6.45. The Morgan fingerprint density at radius 3 is 2.16 bits per heavy atom. The lowest BCUT2D eigenvalue weighted by atomic mass is 10.1. The quantitative estimate of drug-likeness (QED) is 0.816. The number of aliphatic imine (C=N–C) groups is 1. The van der Waals surface area contributed by atoms with Crippen LogP contribution in [0.25, 0.3) is 0 Å². The number of nitrogens with two attached hydrogens (primary N) is 1. The molecule has 0 aliphatic carbocycles. The van der Waals surface area contributed by atoms with Crippen molar-refractivity contribution in [3.63, 3.8) is 0 Å². The fourth-order valence-corrected chi connectivity index (χ4v) is 1.71. The molecule has 0 fully saturated rings. The summed E-state index contributed by atoms with van der Waals surface area (Å²) in [4.78, 5) is 4.68. The van der Waals surface area contributed by atoms with Crippen molar-refractivity contribution < 1.29 is 0 Å². The summed E-state index contributed by atoms with van der Waals surface area (Å²) in [5.74, 6) is 0. The summed E-state index contributed by atoms with van der Waals surface area (Å²) in [7, 11) is 0. The smallest absolute Gasteiger partial charge is 0.0726 e. The molecule has 0 radical (unpaired) electrons. The number of hydrogen-bond donors (Lipinski definition) is 1. The first-order chi connectivity index (χ1) is 9.29. The van der Waals surface area contributed by atoms with E-state index < -0.39 is 0 Å². The molecule has 2 aromatic carbocycles. The van der Waals surface area contributed by atoms with Crippen molar-refractivity contribution in [2.45, 2.75) is 13.3 Å². The maximum Gasteiger partial charge on any atom is 0.0726 e. The molecule has 0 unspecified atom stereocenters.